The molecule has 0 amide bonds. The van der Waals surface area contributed by atoms with Gasteiger partial charge >= 0.3 is 6.18 Å². The zero-order chi connectivity index (χ0) is 23.6. The fourth-order valence-corrected chi connectivity index (χ4v) is 5.70. The molecule has 0 aliphatic carbocycles. The summed E-state index contributed by atoms with van der Waals surface area (Å²) < 4.78 is 66.0. The summed E-state index contributed by atoms with van der Waals surface area (Å²) in [6.45, 7) is 0.00370. The van der Waals surface area contributed by atoms with Crippen LogP contribution in [-0.2, 0) is 29.2 Å². The number of hydrogen-bond acceptors (Lipinski definition) is 5. The molecule has 3 aromatic rings. The van der Waals surface area contributed by atoms with Crippen molar-refractivity contribution in [3.63, 3.8) is 0 Å². The fraction of sp³-hybridized carbons (Fsp3) is 0.304. The first-order chi connectivity index (χ1) is 15.6. The Labute approximate surface area is 189 Å². The Morgan fingerprint density at radius 3 is 2.24 bits per heavy atom. The number of aromatic nitrogens is 2. The summed E-state index contributed by atoms with van der Waals surface area (Å²) in [6, 6.07) is 17.8. The van der Waals surface area contributed by atoms with Crippen molar-refractivity contribution in [1.29, 1.82) is 0 Å². The number of rotatable bonds is 6. The Morgan fingerprint density at radius 1 is 1.03 bits per heavy atom. The molecule has 0 radical (unpaired) electrons. The van der Waals surface area contributed by atoms with Crippen LogP contribution in [0.5, 0.6) is 0 Å². The molecule has 0 bridgehead atoms. The molecule has 10 heteroatoms. The molecule has 174 valence electrons. The van der Waals surface area contributed by atoms with Crippen molar-refractivity contribution in [3.8, 4) is 11.3 Å². The lowest BCUT2D eigenvalue weighted by Crippen LogP contribution is -2.42. The van der Waals surface area contributed by atoms with E-state index in [0.717, 1.165) is 16.3 Å². The first kappa shape index (κ1) is 23.2. The highest BCUT2D eigenvalue weighted by molar-refractivity contribution is 7.91. The predicted octanol–water partition coefficient (Wildman–Crippen LogP) is 3.58. The van der Waals surface area contributed by atoms with Gasteiger partial charge in [0, 0.05) is 18.2 Å². The predicted molar refractivity (Wildman–Crippen MR) is 118 cm³/mol. The third-order valence-corrected chi connectivity index (χ3v) is 7.37. The maximum absolute atomic E-state index is 13.7. The van der Waals surface area contributed by atoms with E-state index in [9.17, 15) is 26.4 Å². The van der Waals surface area contributed by atoms with Crippen molar-refractivity contribution in [2.24, 2.45) is 0 Å². The largest absolute Gasteiger partial charge is 0.421 e. The summed E-state index contributed by atoms with van der Waals surface area (Å²) in [5, 5.41) is 4.22. The Balaban J connectivity index is 1.76. The average molecular weight is 478 g/mol. The average Bonchev–Trinajstić information content (AvgIpc) is 3.14. The van der Waals surface area contributed by atoms with E-state index in [1.54, 1.807) is 35.2 Å². The van der Waals surface area contributed by atoms with Gasteiger partial charge in [-0.2, -0.15) is 18.3 Å². The van der Waals surface area contributed by atoms with Crippen LogP contribution in [0.4, 0.5) is 13.2 Å². The number of halogens is 3. The molecule has 1 fully saturated rings. The number of benzene rings is 2. The molecule has 0 spiro atoms. The van der Waals surface area contributed by atoms with Crippen LogP contribution in [0.15, 0.2) is 71.5 Å². The first-order valence-electron chi connectivity index (χ1n) is 10.4. The van der Waals surface area contributed by atoms with Gasteiger partial charge in [0.25, 0.3) is 5.56 Å². The second kappa shape index (κ2) is 9.11. The van der Waals surface area contributed by atoms with Crippen LogP contribution in [0.25, 0.3) is 11.3 Å². The zero-order valence-electron chi connectivity index (χ0n) is 17.6. The van der Waals surface area contributed by atoms with Gasteiger partial charge in [0.2, 0.25) is 0 Å². The lowest BCUT2D eigenvalue weighted by molar-refractivity contribution is -0.139. The lowest BCUT2D eigenvalue weighted by atomic mass is 10.1. The number of alkyl halides is 3. The molecule has 0 N–H and O–H groups in total. The third kappa shape index (κ3) is 5.51. The van der Waals surface area contributed by atoms with E-state index in [-0.39, 0.29) is 30.4 Å². The molecule has 1 aromatic heterocycles. The molecule has 4 rings (SSSR count). The van der Waals surface area contributed by atoms with Gasteiger partial charge in [-0.3, -0.25) is 9.69 Å². The zero-order valence-corrected chi connectivity index (χ0v) is 18.4. The van der Waals surface area contributed by atoms with Gasteiger partial charge in [0.1, 0.15) is 5.56 Å². The van der Waals surface area contributed by atoms with E-state index in [4.69, 9.17) is 0 Å². The summed E-state index contributed by atoms with van der Waals surface area (Å²) in [7, 11) is -3.25. The Hall–Kier alpha value is -2.98. The SMILES string of the molecule is O=c1c(C(F)(F)F)cc(-c2ccccc2)nn1CN(Cc1ccccc1)[C@H]1CCS(=O)(=O)C1. The molecular weight excluding hydrogens is 455 g/mol. The molecule has 1 saturated heterocycles. The number of nitrogens with zero attached hydrogens (tertiary/aromatic N) is 3. The third-order valence-electron chi connectivity index (χ3n) is 5.62. The van der Waals surface area contributed by atoms with Crippen molar-refractivity contribution in [2.45, 2.75) is 31.9 Å². The summed E-state index contributed by atoms with van der Waals surface area (Å²) >= 11 is 0. The molecule has 1 aliphatic rings. The molecule has 0 saturated carbocycles. The smallest absolute Gasteiger partial charge is 0.276 e. The Morgan fingerprint density at radius 2 is 1.67 bits per heavy atom. The monoisotopic (exact) mass is 477 g/mol. The first-order valence-corrected chi connectivity index (χ1v) is 12.2. The highest BCUT2D eigenvalue weighted by Gasteiger charge is 2.37. The maximum Gasteiger partial charge on any atom is 0.421 e. The van der Waals surface area contributed by atoms with Crippen LogP contribution >= 0.6 is 0 Å². The molecule has 1 aliphatic heterocycles. The standard InChI is InChI=1S/C23H22F3N3O3S/c24-23(25,26)20-13-21(18-9-5-2-6-10-18)27-29(22(20)30)16-28(14-17-7-3-1-4-8-17)19-11-12-33(31,32)15-19/h1-10,13,19H,11-12,14-16H2/t19-/m0/s1. The van der Waals surface area contributed by atoms with Crippen LogP contribution in [0, 0.1) is 0 Å². The molecule has 6 nitrogen and oxygen atoms in total. The Kier molecular flexibility index (Phi) is 6.40. The summed E-state index contributed by atoms with van der Waals surface area (Å²) in [5.74, 6) is -0.109. The van der Waals surface area contributed by atoms with Crippen molar-refractivity contribution >= 4 is 9.84 Å². The van der Waals surface area contributed by atoms with E-state index in [1.807, 2.05) is 30.3 Å². The Bertz CT molecular complexity index is 1280. The molecular formula is C23H22F3N3O3S. The highest BCUT2D eigenvalue weighted by Crippen LogP contribution is 2.29. The summed E-state index contributed by atoms with van der Waals surface area (Å²) in [4.78, 5) is 14.5. The van der Waals surface area contributed by atoms with Crippen LogP contribution in [-0.4, -0.2) is 40.6 Å². The topological polar surface area (TPSA) is 72.3 Å². The van der Waals surface area contributed by atoms with Gasteiger partial charge in [-0.05, 0) is 18.1 Å². The quantitative estimate of drug-likeness (QED) is 0.543. The van der Waals surface area contributed by atoms with Gasteiger partial charge in [0.05, 0.1) is 23.9 Å². The van der Waals surface area contributed by atoms with Crippen LogP contribution in [0.2, 0.25) is 0 Å². The maximum atomic E-state index is 13.7. The van der Waals surface area contributed by atoms with E-state index >= 15 is 0 Å². The minimum absolute atomic E-state index is 0.00311. The lowest BCUT2D eigenvalue weighted by Gasteiger charge is -2.28. The van der Waals surface area contributed by atoms with E-state index in [1.165, 1.54) is 0 Å². The molecule has 1 atom stereocenters. The van der Waals surface area contributed by atoms with E-state index in [0.29, 0.717) is 12.0 Å². The molecule has 2 aromatic carbocycles. The van der Waals surface area contributed by atoms with Crippen molar-refractivity contribution in [1.82, 2.24) is 14.7 Å². The van der Waals surface area contributed by atoms with Crippen molar-refractivity contribution in [2.75, 3.05) is 11.5 Å². The second-order valence-electron chi connectivity index (χ2n) is 8.04. The normalized spacial score (nSPS) is 18.0. The van der Waals surface area contributed by atoms with Gasteiger partial charge in [0.15, 0.2) is 9.84 Å². The second-order valence-corrected chi connectivity index (χ2v) is 10.3. The summed E-state index contributed by atoms with van der Waals surface area (Å²) in [6.07, 6.45) is -4.51. The van der Waals surface area contributed by atoms with Crippen LogP contribution in [0.1, 0.15) is 17.5 Å². The fourth-order valence-electron chi connectivity index (χ4n) is 3.94. The number of sulfone groups is 1. The van der Waals surface area contributed by atoms with Gasteiger partial charge in [-0.15, -0.1) is 0 Å². The highest BCUT2D eigenvalue weighted by atomic mass is 32.2. The molecule has 0 unspecified atom stereocenters. The van der Waals surface area contributed by atoms with Gasteiger partial charge < -0.3 is 0 Å². The number of hydrogen-bond donors (Lipinski definition) is 0. The van der Waals surface area contributed by atoms with Crippen molar-refractivity contribution in [3.05, 3.63) is 88.2 Å². The van der Waals surface area contributed by atoms with Crippen LogP contribution < -0.4 is 5.56 Å². The minimum Gasteiger partial charge on any atom is -0.276 e. The van der Waals surface area contributed by atoms with Gasteiger partial charge in [-0.25, -0.2) is 13.1 Å². The van der Waals surface area contributed by atoms with Crippen molar-refractivity contribution < 1.29 is 21.6 Å². The van der Waals surface area contributed by atoms with E-state index in [2.05, 4.69) is 5.10 Å². The summed E-state index contributed by atoms with van der Waals surface area (Å²) in [5.41, 5.74) is -1.27. The molecule has 2 heterocycles. The van der Waals surface area contributed by atoms with E-state index < -0.39 is 33.2 Å². The van der Waals surface area contributed by atoms with Gasteiger partial charge in [-0.1, -0.05) is 60.7 Å². The minimum atomic E-state index is -4.85. The van der Waals surface area contributed by atoms with Crippen LogP contribution in [0.3, 0.4) is 0 Å². The molecule has 33 heavy (non-hydrogen) atoms.